The van der Waals surface area contributed by atoms with Crippen molar-refractivity contribution >= 4 is 18.0 Å². The second kappa shape index (κ2) is 6.51. The van der Waals surface area contributed by atoms with Crippen molar-refractivity contribution in [2.45, 2.75) is 6.10 Å². The van der Waals surface area contributed by atoms with E-state index in [1.165, 1.54) is 24.3 Å². The maximum Gasteiger partial charge on any atom is 0.334 e. The van der Waals surface area contributed by atoms with E-state index in [4.69, 9.17) is 10.2 Å². The van der Waals surface area contributed by atoms with Crippen LogP contribution in [0.1, 0.15) is 5.56 Å². The Morgan fingerprint density at radius 2 is 2.17 bits per heavy atom. The Balaban J connectivity index is 2.47. The minimum absolute atomic E-state index is 0.387. The molecular formula is C12H12FNO4. The van der Waals surface area contributed by atoms with Crippen LogP contribution in [0.3, 0.4) is 0 Å². The highest BCUT2D eigenvalue weighted by molar-refractivity contribution is 5.92. The van der Waals surface area contributed by atoms with Gasteiger partial charge in [0.1, 0.15) is 5.82 Å². The molecule has 6 heteroatoms. The smallest absolute Gasteiger partial charge is 0.334 e. The monoisotopic (exact) mass is 253 g/mol. The van der Waals surface area contributed by atoms with E-state index >= 15 is 0 Å². The third-order valence-electron chi connectivity index (χ3n) is 2.03. The third-order valence-corrected chi connectivity index (χ3v) is 2.03. The molecule has 1 unspecified atom stereocenters. The number of carboxylic acid groups (broad SMARTS) is 1. The maximum atomic E-state index is 12.8. The highest BCUT2D eigenvalue weighted by atomic mass is 19.1. The molecule has 5 nitrogen and oxygen atoms in total. The van der Waals surface area contributed by atoms with E-state index in [2.05, 4.69) is 5.32 Å². The lowest BCUT2D eigenvalue weighted by atomic mass is 10.2. The summed E-state index contributed by atoms with van der Waals surface area (Å²) in [5.41, 5.74) is 0.504. The van der Waals surface area contributed by atoms with Crippen LogP contribution in [0, 0.1) is 5.82 Å². The summed E-state index contributed by atoms with van der Waals surface area (Å²) in [6, 6.07) is 5.64. The number of rotatable bonds is 5. The predicted molar refractivity (Wildman–Crippen MR) is 62.1 cm³/mol. The van der Waals surface area contributed by atoms with Gasteiger partial charge in [0.25, 0.3) is 0 Å². The van der Waals surface area contributed by atoms with Crippen LogP contribution >= 0.6 is 0 Å². The Morgan fingerprint density at radius 1 is 1.44 bits per heavy atom. The summed E-state index contributed by atoms with van der Waals surface area (Å²) in [6.07, 6.45) is 0.867. The summed E-state index contributed by atoms with van der Waals surface area (Å²) in [5.74, 6) is -2.40. The fraction of sp³-hybridized carbons (Fsp3) is 0.167. The number of aliphatic carboxylic acids is 1. The SMILES string of the molecule is O=C(C=Cc1cccc(F)c1)NCC(O)C(=O)O. The van der Waals surface area contributed by atoms with Gasteiger partial charge in [0.05, 0.1) is 6.54 Å². The molecule has 1 atom stereocenters. The Labute approximate surface area is 103 Å². The third kappa shape index (κ3) is 4.75. The summed E-state index contributed by atoms with van der Waals surface area (Å²) in [6.45, 7) is -0.387. The number of nitrogens with one attached hydrogen (secondary N) is 1. The molecular weight excluding hydrogens is 241 g/mol. The Bertz CT molecular complexity index is 473. The topological polar surface area (TPSA) is 86.6 Å². The number of carbonyl (C=O) groups excluding carboxylic acids is 1. The van der Waals surface area contributed by atoms with Crippen LogP contribution < -0.4 is 5.32 Å². The van der Waals surface area contributed by atoms with E-state index in [0.29, 0.717) is 5.56 Å². The van der Waals surface area contributed by atoms with E-state index in [9.17, 15) is 14.0 Å². The van der Waals surface area contributed by atoms with Crippen LogP contribution in [0.4, 0.5) is 4.39 Å². The lowest BCUT2D eigenvalue weighted by molar-refractivity contribution is -0.146. The van der Waals surface area contributed by atoms with Crippen molar-refractivity contribution < 1.29 is 24.2 Å². The van der Waals surface area contributed by atoms with Crippen molar-refractivity contribution in [1.29, 1.82) is 0 Å². The Morgan fingerprint density at radius 3 is 2.78 bits per heavy atom. The molecule has 18 heavy (non-hydrogen) atoms. The number of hydrogen-bond donors (Lipinski definition) is 3. The van der Waals surface area contributed by atoms with Gasteiger partial charge in [-0.25, -0.2) is 9.18 Å². The minimum Gasteiger partial charge on any atom is -0.479 e. The molecule has 96 valence electrons. The van der Waals surface area contributed by atoms with Crippen LogP contribution in [0.2, 0.25) is 0 Å². The zero-order valence-electron chi connectivity index (χ0n) is 9.34. The van der Waals surface area contributed by atoms with Crippen molar-refractivity contribution in [3.8, 4) is 0 Å². The number of halogens is 1. The molecule has 0 radical (unpaired) electrons. The van der Waals surface area contributed by atoms with Crippen LogP contribution in [-0.4, -0.2) is 34.7 Å². The molecule has 0 saturated carbocycles. The number of aliphatic hydroxyl groups is 1. The lowest BCUT2D eigenvalue weighted by Crippen LogP contribution is -2.35. The Hall–Kier alpha value is -2.21. The second-order valence-corrected chi connectivity index (χ2v) is 3.49. The first-order valence-corrected chi connectivity index (χ1v) is 5.11. The molecule has 0 saturated heterocycles. The van der Waals surface area contributed by atoms with E-state index in [-0.39, 0.29) is 6.54 Å². The number of benzene rings is 1. The molecule has 0 aliphatic rings. The molecule has 1 aromatic carbocycles. The van der Waals surface area contributed by atoms with Crippen LogP contribution in [0.25, 0.3) is 6.08 Å². The molecule has 3 N–H and O–H groups in total. The van der Waals surface area contributed by atoms with Gasteiger partial charge in [-0.1, -0.05) is 12.1 Å². The average molecular weight is 253 g/mol. The first-order chi connectivity index (χ1) is 8.49. The number of carboxylic acids is 1. The summed E-state index contributed by atoms with van der Waals surface area (Å²) in [4.78, 5) is 21.5. The predicted octanol–water partition coefficient (Wildman–Crippen LogP) is 0.401. The number of hydrogen-bond acceptors (Lipinski definition) is 3. The van der Waals surface area contributed by atoms with Crippen LogP contribution in [0.15, 0.2) is 30.3 Å². The van der Waals surface area contributed by atoms with Gasteiger partial charge in [0, 0.05) is 6.08 Å². The molecule has 0 heterocycles. The quantitative estimate of drug-likeness (QED) is 0.663. The van der Waals surface area contributed by atoms with E-state index in [0.717, 1.165) is 6.08 Å². The van der Waals surface area contributed by atoms with Gasteiger partial charge in [0.2, 0.25) is 5.91 Å². The second-order valence-electron chi connectivity index (χ2n) is 3.49. The first-order valence-electron chi connectivity index (χ1n) is 5.11. The Kier molecular flexibility index (Phi) is 5.01. The molecule has 0 aromatic heterocycles. The summed E-state index contributed by atoms with van der Waals surface area (Å²) in [7, 11) is 0. The zero-order chi connectivity index (χ0) is 13.5. The fourth-order valence-corrected chi connectivity index (χ4v) is 1.13. The van der Waals surface area contributed by atoms with Gasteiger partial charge >= 0.3 is 5.97 Å². The summed E-state index contributed by atoms with van der Waals surface area (Å²) in [5, 5.41) is 19.5. The van der Waals surface area contributed by atoms with Gasteiger partial charge in [-0.05, 0) is 23.8 Å². The molecule has 0 spiro atoms. The molecule has 0 aliphatic heterocycles. The van der Waals surface area contributed by atoms with Gasteiger partial charge < -0.3 is 15.5 Å². The van der Waals surface area contributed by atoms with Gasteiger partial charge in [-0.2, -0.15) is 0 Å². The maximum absolute atomic E-state index is 12.8. The number of carbonyl (C=O) groups is 2. The zero-order valence-corrected chi connectivity index (χ0v) is 9.34. The van der Waals surface area contributed by atoms with Gasteiger partial charge in [-0.3, -0.25) is 4.79 Å². The molecule has 1 rings (SSSR count). The largest absolute Gasteiger partial charge is 0.479 e. The molecule has 0 bridgehead atoms. The van der Waals surface area contributed by atoms with Crippen molar-refractivity contribution in [3.05, 3.63) is 41.7 Å². The average Bonchev–Trinajstić information content (AvgIpc) is 2.33. The summed E-state index contributed by atoms with van der Waals surface area (Å²) >= 11 is 0. The van der Waals surface area contributed by atoms with Crippen LogP contribution in [-0.2, 0) is 9.59 Å². The summed E-state index contributed by atoms with van der Waals surface area (Å²) < 4.78 is 12.8. The normalized spacial score (nSPS) is 12.3. The first kappa shape index (κ1) is 13.9. The van der Waals surface area contributed by atoms with Gasteiger partial charge in [-0.15, -0.1) is 0 Å². The highest BCUT2D eigenvalue weighted by Gasteiger charge is 2.12. The number of amides is 1. The van der Waals surface area contributed by atoms with Crippen molar-refractivity contribution in [3.63, 3.8) is 0 Å². The molecule has 0 fully saturated rings. The minimum atomic E-state index is -1.64. The van der Waals surface area contributed by atoms with Gasteiger partial charge in [0.15, 0.2) is 6.10 Å². The van der Waals surface area contributed by atoms with E-state index in [1.807, 2.05) is 0 Å². The van der Waals surface area contributed by atoms with Crippen molar-refractivity contribution in [1.82, 2.24) is 5.32 Å². The van der Waals surface area contributed by atoms with Crippen molar-refractivity contribution in [2.75, 3.05) is 6.54 Å². The van der Waals surface area contributed by atoms with Crippen LogP contribution in [0.5, 0.6) is 0 Å². The lowest BCUT2D eigenvalue weighted by Gasteiger charge is -2.05. The molecule has 1 aromatic rings. The van der Waals surface area contributed by atoms with E-state index < -0.39 is 23.8 Å². The standard InChI is InChI=1S/C12H12FNO4/c13-9-3-1-2-8(6-9)4-5-11(16)14-7-10(15)12(17)18/h1-6,10,15H,7H2,(H,14,16)(H,17,18). The van der Waals surface area contributed by atoms with Crippen molar-refractivity contribution in [2.24, 2.45) is 0 Å². The molecule has 1 amide bonds. The fourth-order valence-electron chi connectivity index (χ4n) is 1.13. The number of aliphatic hydroxyl groups excluding tert-OH is 1. The highest BCUT2D eigenvalue weighted by Crippen LogP contribution is 2.04. The van der Waals surface area contributed by atoms with E-state index in [1.54, 1.807) is 6.07 Å². The molecule has 0 aliphatic carbocycles.